The molecule has 1 aromatic rings. The molecule has 84 valence electrons. The summed E-state index contributed by atoms with van der Waals surface area (Å²) >= 11 is 5.68. The first-order valence-corrected chi connectivity index (χ1v) is 5.42. The average Bonchev–Trinajstić information content (AvgIpc) is 2.54. The molecule has 1 heterocycles. The first-order valence-electron chi connectivity index (χ1n) is 4.89. The van der Waals surface area contributed by atoms with Gasteiger partial charge in [-0.15, -0.1) is 11.6 Å². The number of hydrogen-bond donors (Lipinski definition) is 1. The molecule has 0 spiro atoms. The number of nitrogens with zero attached hydrogens (tertiary/aromatic N) is 1. The molecule has 0 aromatic carbocycles. The lowest BCUT2D eigenvalue weighted by Crippen LogP contribution is -2.35. The number of nitrogens with one attached hydrogen (secondary N) is 1. The Bertz CT molecular complexity index is 345. The van der Waals surface area contributed by atoms with Crippen LogP contribution in [0, 0.1) is 13.8 Å². The van der Waals surface area contributed by atoms with Crippen molar-refractivity contribution in [2.75, 3.05) is 5.88 Å². The second-order valence-corrected chi connectivity index (χ2v) is 3.69. The van der Waals surface area contributed by atoms with Crippen LogP contribution in [0.3, 0.4) is 0 Å². The molecule has 0 aliphatic rings. The Hall–Kier alpha value is -1.03. The maximum absolute atomic E-state index is 11.7. The molecular formula is C10H15ClN2O2. The average molecular weight is 231 g/mol. The van der Waals surface area contributed by atoms with Crippen molar-refractivity contribution in [1.82, 2.24) is 10.3 Å². The Kier molecular flexibility index (Phi) is 4.15. The Morgan fingerprint density at radius 2 is 2.27 bits per heavy atom. The zero-order chi connectivity index (χ0) is 11.4. The van der Waals surface area contributed by atoms with E-state index in [0.29, 0.717) is 17.5 Å². The van der Waals surface area contributed by atoms with Gasteiger partial charge in [-0.05, 0) is 13.3 Å². The fourth-order valence-electron chi connectivity index (χ4n) is 1.24. The van der Waals surface area contributed by atoms with Crippen LogP contribution in [0.4, 0.5) is 0 Å². The number of amides is 1. The van der Waals surface area contributed by atoms with Crippen LogP contribution in [0.1, 0.15) is 35.5 Å². The third-order valence-corrected chi connectivity index (χ3v) is 2.50. The van der Waals surface area contributed by atoms with Gasteiger partial charge in [0.2, 0.25) is 5.76 Å². The summed E-state index contributed by atoms with van der Waals surface area (Å²) in [5.41, 5.74) is 0.606. The predicted octanol–water partition coefficient (Wildman–Crippen LogP) is 2.04. The molecule has 0 fully saturated rings. The number of aromatic nitrogens is 1. The molecule has 0 saturated carbocycles. The van der Waals surface area contributed by atoms with E-state index < -0.39 is 0 Å². The third kappa shape index (κ3) is 2.96. The molecule has 0 bridgehead atoms. The molecule has 0 saturated heterocycles. The van der Waals surface area contributed by atoms with E-state index in [0.717, 1.165) is 6.42 Å². The highest BCUT2D eigenvalue weighted by Crippen LogP contribution is 2.09. The van der Waals surface area contributed by atoms with Gasteiger partial charge in [-0.25, -0.2) is 4.98 Å². The number of hydrogen-bond acceptors (Lipinski definition) is 3. The van der Waals surface area contributed by atoms with Gasteiger partial charge in [-0.1, -0.05) is 6.92 Å². The Labute approximate surface area is 94.0 Å². The molecule has 1 aromatic heterocycles. The summed E-state index contributed by atoms with van der Waals surface area (Å²) in [7, 11) is 0. The summed E-state index contributed by atoms with van der Waals surface area (Å²) < 4.78 is 5.20. The van der Waals surface area contributed by atoms with E-state index in [1.165, 1.54) is 0 Å². The minimum atomic E-state index is -0.249. The number of halogens is 1. The van der Waals surface area contributed by atoms with Crippen LogP contribution in [-0.4, -0.2) is 22.8 Å². The monoisotopic (exact) mass is 230 g/mol. The quantitative estimate of drug-likeness (QED) is 0.806. The first-order chi connectivity index (χ1) is 7.08. The SMILES string of the molecule is CCC(CCl)NC(=O)c1oc(C)nc1C. The largest absolute Gasteiger partial charge is 0.436 e. The molecular weight excluding hydrogens is 216 g/mol. The molecule has 1 unspecified atom stereocenters. The van der Waals surface area contributed by atoms with Crippen LogP contribution in [0.15, 0.2) is 4.42 Å². The lowest BCUT2D eigenvalue weighted by Gasteiger charge is -2.12. The smallest absolute Gasteiger partial charge is 0.289 e. The van der Waals surface area contributed by atoms with Crippen molar-refractivity contribution in [2.24, 2.45) is 0 Å². The van der Waals surface area contributed by atoms with Crippen LogP contribution in [0.25, 0.3) is 0 Å². The van der Waals surface area contributed by atoms with Crippen molar-refractivity contribution in [3.8, 4) is 0 Å². The van der Waals surface area contributed by atoms with E-state index in [1.54, 1.807) is 13.8 Å². The third-order valence-electron chi connectivity index (χ3n) is 2.12. The van der Waals surface area contributed by atoms with Crippen molar-refractivity contribution in [2.45, 2.75) is 33.2 Å². The van der Waals surface area contributed by atoms with Gasteiger partial charge in [-0.3, -0.25) is 4.79 Å². The minimum Gasteiger partial charge on any atom is -0.436 e. The number of rotatable bonds is 4. The Morgan fingerprint density at radius 1 is 1.60 bits per heavy atom. The van der Waals surface area contributed by atoms with Gasteiger partial charge < -0.3 is 9.73 Å². The van der Waals surface area contributed by atoms with E-state index in [2.05, 4.69) is 10.3 Å². The lowest BCUT2D eigenvalue weighted by molar-refractivity contribution is 0.0909. The zero-order valence-electron chi connectivity index (χ0n) is 9.13. The maximum Gasteiger partial charge on any atom is 0.289 e. The molecule has 1 N–H and O–H groups in total. The molecule has 15 heavy (non-hydrogen) atoms. The lowest BCUT2D eigenvalue weighted by atomic mass is 10.2. The van der Waals surface area contributed by atoms with Crippen LogP contribution in [0.2, 0.25) is 0 Å². The van der Waals surface area contributed by atoms with Gasteiger partial charge in [0.25, 0.3) is 5.91 Å². The standard InChI is InChI=1S/C10H15ClN2O2/c1-4-8(5-11)13-10(14)9-6(2)12-7(3)15-9/h8H,4-5H2,1-3H3,(H,13,14). The van der Waals surface area contributed by atoms with Crippen molar-refractivity contribution in [3.05, 3.63) is 17.3 Å². The summed E-state index contributed by atoms with van der Waals surface area (Å²) in [6.45, 7) is 5.42. The fourth-order valence-corrected chi connectivity index (χ4v) is 1.54. The zero-order valence-corrected chi connectivity index (χ0v) is 9.89. The molecule has 1 rings (SSSR count). The van der Waals surface area contributed by atoms with Gasteiger partial charge in [0.05, 0.1) is 5.69 Å². The maximum atomic E-state index is 11.7. The van der Waals surface area contributed by atoms with Gasteiger partial charge in [0.1, 0.15) is 0 Å². The highest BCUT2D eigenvalue weighted by molar-refractivity contribution is 6.18. The van der Waals surface area contributed by atoms with Gasteiger partial charge in [0.15, 0.2) is 5.89 Å². The number of carbonyl (C=O) groups is 1. The summed E-state index contributed by atoms with van der Waals surface area (Å²) in [5, 5.41) is 2.78. The van der Waals surface area contributed by atoms with Crippen molar-refractivity contribution >= 4 is 17.5 Å². The van der Waals surface area contributed by atoms with Crippen molar-refractivity contribution < 1.29 is 9.21 Å². The Balaban J connectivity index is 2.72. The summed E-state index contributed by atoms with van der Waals surface area (Å²) in [5.74, 6) is 0.919. The second-order valence-electron chi connectivity index (χ2n) is 3.38. The molecule has 5 heteroatoms. The normalized spacial score (nSPS) is 12.5. The number of aryl methyl sites for hydroxylation is 2. The van der Waals surface area contributed by atoms with Crippen LogP contribution in [0.5, 0.6) is 0 Å². The predicted molar refractivity (Wildman–Crippen MR) is 58.2 cm³/mol. The first kappa shape index (κ1) is 12.0. The summed E-state index contributed by atoms with van der Waals surface area (Å²) in [6.07, 6.45) is 0.793. The van der Waals surface area contributed by atoms with Gasteiger partial charge in [-0.2, -0.15) is 0 Å². The van der Waals surface area contributed by atoms with Crippen molar-refractivity contribution in [1.29, 1.82) is 0 Å². The highest BCUT2D eigenvalue weighted by atomic mass is 35.5. The van der Waals surface area contributed by atoms with Gasteiger partial charge in [0, 0.05) is 18.8 Å². The highest BCUT2D eigenvalue weighted by Gasteiger charge is 2.18. The van der Waals surface area contributed by atoms with E-state index in [-0.39, 0.29) is 17.7 Å². The molecule has 0 aliphatic heterocycles. The summed E-state index contributed by atoms with van der Waals surface area (Å²) in [4.78, 5) is 15.7. The van der Waals surface area contributed by atoms with E-state index in [4.69, 9.17) is 16.0 Å². The van der Waals surface area contributed by atoms with E-state index in [1.807, 2.05) is 6.92 Å². The fraction of sp³-hybridized carbons (Fsp3) is 0.600. The Morgan fingerprint density at radius 3 is 2.67 bits per heavy atom. The van der Waals surface area contributed by atoms with E-state index in [9.17, 15) is 4.79 Å². The summed E-state index contributed by atoms with van der Waals surface area (Å²) in [6, 6.07) is -0.0241. The minimum absolute atomic E-state index is 0.0241. The number of carbonyl (C=O) groups excluding carboxylic acids is 1. The number of alkyl halides is 1. The molecule has 1 amide bonds. The van der Waals surface area contributed by atoms with Gasteiger partial charge >= 0.3 is 0 Å². The van der Waals surface area contributed by atoms with Crippen molar-refractivity contribution in [3.63, 3.8) is 0 Å². The van der Waals surface area contributed by atoms with Crippen LogP contribution in [-0.2, 0) is 0 Å². The molecule has 0 aliphatic carbocycles. The van der Waals surface area contributed by atoms with Crippen LogP contribution < -0.4 is 5.32 Å². The topological polar surface area (TPSA) is 55.1 Å². The molecule has 1 atom stereocenters. The van der Waals surface area contributed by atoms with Crippen LogP contribution >= 0.6 is 11.6 Å². The van der Waals surface area contributed by atoms with E-state index >= 15 is 0 Å². The number of oxazole rings is 1. The molecule has 0 radical (unpaired) electrons. The second kappa shape index (κ2) is 5.16. The molecule has 4 nitrogen and oxygen atoms in total.